The number of hydrogen-bond acceptors (Lipinski definition) is 4. The molecule has 0 aliphatic carbocycles. The molecule has 0 amide bonds. The Morgan fingerprint density at radius 3 is 2.68 bits per heavy atom. The Morgan fingerprint density at radius 1 is 1.32 bits per heavy atom. The van der Waals surface area contributed by atoms with E-state index < -0.39 is 5.97 Å². The third-order valence-corrected chi connectivity index (χ3v) is 2.70. The molecule has 5 heteroatoms. The van der Waals surface area contributed by atoms with Gasteiger partial charge >= 0.3 is 11.9 Å². The van der Waals surface area contributed by atoms with Crippen LogP contribution in [-0.4, -0.2) is 23.5 Å². The molecule has 0 atom stereocenters. The predicted molar refractivity (Wildman–Crippen MR) is 70.3 cm³/mol. The fourth-order valence-electron chi connectivity index (χ4n) is 2.00. The van der Waals surface area contributed by atoms with Gasteiger partial charge in [-0.05, 0) is 32.0 Å². The highest BCUT2D eigenvalue weighted by Gasteiger charge is 2.17. The smallest absolute Gasteiger partial charge is 0.340 e. The van der Waals surface area contributed by atoms with Gasteiger partial charge in [-0.1, -0.05) is 0 Å². The average Bonchev–Trinajstić information content (AvgIpc) is 2.64. The lowest BCUT2D eigenvalue weighted by atomic mass is 10.1. The monoisotopic (exact) mass is 261 g/mol. The summed E-state index contributed by atoms with van der Waals surface area (Å²) >= 11 is 0. The number of ether oxygens (including phenoxy) is 2. The summed E-state index contributed by atoms with van der Waals surface area (Å²) in [6.45, 7) is 5.21. The van der Waals surface area contributed by atoms with E-state index in [1.807, 2.05) is 0 Å². The zero-order valence-corrected chi connectivity index (χ0v) is 11.1. The summed E-state index contributed by atoms with van der Waals surface area (Å²) < 4.78 is 10.1. The topological polar surface area (TPSA) is 68.4 Å². The molecule has 0 unspecified atom stereocenters. The summed E-state index contributed by atoms with van der Waals surface area (Å²) in [5.41, 5.74) is 2.01. The van der Waals surface area contributed by atoms with Crippen molar-refractivity contribution in [3.05, 3.63) is 29.5 Å². The average molecular weight is 261 g/mol. The lowest BCUT2D eigenvalue weighted by Gasteiger charge is -2.03. The van der Waals surface area contributed by atoms with E-state index in [0.29, 0.717) is 23.3 Å². The van der Waals surface area contributed by atoms with Crippen molar-refractivity contribution in [3.8, 4) is 5.75 Å². The number of benzene rings is 1. The molecular formula is C14H15NO4. The normalized spacial score (nSPS) is 10.5. The Kier molecular flexibility index (Phi) is 3.55. The van der Waals surface area contributed by atoms with Crippen LogP contribution in [0.3, 0.4) is 0 Å². The third kappa shape index (κ3) is 2.59. The second kappa shape index (κ2) is 5.14. The summed E-state index contributed by atoms with van der Waals surface area (Å²) in [5, 5.41) is 0.690. The van der Waals surface area contributed by atoms with Crippen LogP contribution in [0.1, 0.15) is 29.9 Å². The standard InChI is InChI=1S/C14H15NO4/c1-4-18-14(17)13-8(2)15-12-6-5-10(7-11(12)13)19-9(3)16/h5-7,15H,4H2,1-3H3. The van der Waals surface area contributed by atoms with Gasteiger partial charge in [0.25, 0.3) is 0 Å². The molecule has 2 rings (SSSR count). The van der Waals surface area contributed by atoms with Gasteiger partial charge in [0.2, 0.25) is 0 Å². The molecule has 0 fully saturated rings. The SMILES string of the molecule is CCOC(=O)c1c(C)[nH]c2ccc(OC(C)=O)cc12. The Balaban J connectivity index is 2.52. The molecule has 0 aliphatic rings. The van der Waals surface area contributed by atoms with E-state index in [1.165, 1.54) is 6.92 Å². The van der Waals surface area contributed by atoms with Crippen LogP contribution in [0.4, 0.5) is 0 Å². The fourth-order valence-corrected chi connectivity index (χ4v) is 2.00. The molecular weight excluding hydrogens is 246 g/mol. The highest BCUT2D eigenvalue weighted by molar-refractivity contribution is 6.06. The summed E-state index contributed by atoms with van der Waals surface area (Å²) in [7, 11) is 0. The number of fused-ring (bicyclic) bond motifs is 1. The highest BCUT2D eigenvalue weighted by atomic mass is 16.5. The van der Waals surface area contributed by atoms with Crippen molar-refractivity contribution < 1.29 is 19.1 Å². The summed E-state index contributed by atoms with van der Waals surface area (Å²) in [6, 6.07) is 5.10. The van der Waals surface area contributed by atoms with E-state index in [1.54, 1.807) is 32.0 Å². The molecule has 100 valence electrons. The minimum absolute atomic E-state index is 0.314. The number of hydrogen-bond donors (Lipinski definition) is 1. The van der Waals surface area contributed by atoms with E-state index in [-0.39, 0.29) is 5.97 Å². The third-order valence-electron chi connectivity index (χ3n) is 2.70. The van der Waals surface area contributed by atoms with Crippen LogP contribution in [0.2, 0.25) is 0 Å². The molecule has 5 nitrogen and oxygen atoms in total. The largest absolute Gasteiger partial charge is 0.462 e. The first-order chi connectivity index (χ1) is 9.02. The van der Waals surface area contributed by atoms with Crippen LogP contribution in [0.25, 0.3) is 10.9 Å². The van der Waals surface area contributed by atoms with Gasteiger partial charge in [0.05, 0.1) is 12.2 Å². The van der Waals surface area contributed by atoms with Crippen molar-refractivity contribution in [2.45, 2.75) is 20.8 Å². The minimum Gasteiger partial charge on any atom is -0.462 e. The maximum absolute atomic E-state index is 11.9. The second-order valence-corrected chi connectivity index (χ2v) is 4.15. The molecule has 1 heterocycles. The molecule has 0 saturated carbocycles. The van der Waals surface area contributed by atoms with Crippen LogP contribution in [-0.2, 0) is 9.53 Å². The maximum Gasteiger partial charge on any atom is 0.340 e. The van der Waals surface area contributed by atoms with Gasteiger partial charge in [0, 0.05) is 23.5 Å². The van der Waals surface area contributed by atoms with Gasteiger partial charge < -0.3 is 14.5 Å². The molecule has 0 radical (unpaired) electrons. The van der Waals surface area contributed by atoms with E-state index >= 15 is 0 Å². The number of rotatable bonds is 3. The number of carbonyl (C=O) groups is 2. The predicted octanol–water partition coefficient (Wildman–Crippen LogP) is 2.58. The number of esters is 2. The quantitative estimate of drug-likeness (QED) is 0.681. The van der Waals surface area contributed by atoms with Gasteiger partial charge in [-0.25, -0.2) is 4.79 Å². The lowest BCUT2D eigenvalue weighted by Crippen LogP contribution is -2.05. The van der Waals surface area contributed by atoms with Gasteiger partial charge in [-0.2, -0.15) is 0 Å². The number of aromatic nitrogens is 1. The molecule has 1 N–H and O–H groups in total. The van der Waals surface area contributed by atoms with Crippen molar-refractivity contribution in [2.24, 2.45) is 0 Å². The van der Waals surface area contributed by atoms with E-state index in [9.17, 15) is 9.59 Å². The number of carbonyl (C=O) groups excluding carboxylic acids is 2. The first-order valence-electron chi connectivity index (χ1n) is 6.00. The Morgan fingerprint density at radius 2 is 2.05 bits per heavy atom. The van der Waals surface area contributed by atoms with Crippen LogP contribution >= 0.6 is 0 Å². The lowest BCUT2D eigenvalue weighted by molar-refractivity contribution is -0.131. The second-order valence-electron chi connectivity index (χ2n) is 4.15. The van der Waals surface area contributed by atoms with E-state index in [0.717, 1.165) is 11.2 Å². The Bertz CT molecular complexity index is 642. The highest BCUT2D eigenvalue weighted by Crippen LogP contribution is 2.27. The number of nitrogens with one attached hydrogen (secondary N) is 1. The van der Waals surface area contributed by atoms with E-state index in [2.05, 4.69) is 4.98 Å². The summed E-state index contributed by atoms with van der Waals surface area (Å²) in [5.74, 6) is -0.375. The molecule has 1 aromatic carbocycles. The van der Waals surface area contributed by atoms with Crippen molar-refractivity contribution >= 4 is 22.8 Å². The van der Waals surface area contributed by atoms with Crippen molar-refractivity contribution in [2.75, 3.05) is 6.61 Å². The number of H-pyrrole nitrogens is 1. The first kappa shape index (κ1) is 13.1. The summed E-state index contributed by atoms with van der Waals surface area (Å²) in [6.07, 6.45) is 0. The van der Waals surface area contributed by atoms with Crippen LogP contribution < -0.4 is 4.74 Å². The first-order valence-corrected chi connectivity index (χ1v) is 6.00. The number of aryl methyl sites for hydroxylation is 1. The van der Waals surface area contributed by atoms with Crippen molar-refractivity contribution in [1.29, 1.82) is 0 Å². The van der Waals surface area contributed by atoms with Gasteiger partial charge in [0.15, 0.2) is 0 Å². The molecule has 2 aromatic rings. The molecule has 0 saturated heterocycles. The number of aromatic amines is 1. The van der Waals surface area contributed by atoms with Gasteiger partial charge in [0.1, 0.15) is 5.75 Å². The molecule has 0 aliphatic heterocycles. The van der Waals surface area contributed by atoms with E-state index in [4.69, 9.17) is 9.47 Å². The molecule has 1 aromatic heterocycles. The van der Waals surface area contributed by atoms with Crippen LogP contribution in [0.15, 0.2) is 18.2 Å². The molecule has 0 spiro atoms. The zero-order valence-electron chi connectivity index (χ0n) is 11.1. The van der Waals surface area contributed by atoms with Crippen molar-refractivity contribution in [3.63, 3.8) is 0 Å². The maximum atomic E-state index is 11.9. The molecule has 19 heavy (non-hydrogen) atoms. The van der Waals surface area contributed by atoms with Gasteiger partial charge in [-0.15, -0.1) is 0 Å². The van der Waals surface area contributed by atoms with Crippen LogP contribution in [0, 0.1) is 6.92 Å². The fraction of sp³-hybridized carbons (Fsp3) is 0.286. The minimum atomic E-state index is -0.399. The molecule has 0 bridgehead atoms. The van der Waals surface area contributed by atoms with Crippen molar-refractivity contribution in [1.82, 2.24) is 4.98 Å². The Hall–Kier alpha value is -2.30. The summed E-state index contributed by atoms with van der Waals surface area (Å²) in [4.78, 5) is 26.0. The van der Waals surface area contributed by atoms with Gasteiger partial charge in [-0.3, -0.25) is 4.79 Å². The Labute approximate surface area is 110 Å². The van der Waals surface area contributed by atoms with Crippen LogP contribution in [0.5, 0.6) is 5.75 Å². The zero-order chi connectivity index (χ0) is 14.0.